The minimum atomic E-state index is -0.436. The number of para-hydroxylation sites is 1. The third-order valence-electron chi connectivity index (χ3n) is 4.92. The van der Waals surface area contributed by atoms with Gasteiger partial charge in [-0.2, -0.15) is 10.2 Å². The number of aryl methyl sites for hydroxylation is 1. The molecule has 158 valence electrons. The molecule has 2 aromatic carbocycles. The maximum atomic E-state index is 14.5. The molecule has 0 fully saturated rings. The van der Waals surface area contributed by atoms with Gasteiger partial charge in [0.05, 0.1) is 6.20 Å². The minimum Gasteiger partial charge on any atom is -0.322 e. The van der Waals surface area contributed by atoms with Crippen molar-refractivity contribution < 1.29 is 9.18 Å². The number of halogens is 1. The predicted octanol–water partition coefficient (Wildman–Crippen LogP) is 4.15. The number of benzene rings is 2. The van der Waals surface area contributed by atoms with Crippen LogP contribution in [0.1, 0.15) is 16.2 Å². The number of rotatable bonds is 5. The van der Waals surface area contributed by atoms with Crippen LogP contribution in [0.5, 0.6) is 0 Å². The first kappa shape index (κ1) is 19.4. The molecule has 5 rings (SSSR count). The number of hydrogen-bond donors (Lipinski definition) is 2. The van der Waals surface area contributed by atoms with Gasteiger partial charge in [0.25, 0.3) is 5.91 Å². The highest BCUT2D eigenvalue weighted by Gasteiger charge is 2.21. The van der Waals surface area contributed by atoms with E-state index in [1.165, 1.54) is 16.9 Å². The summed E-state index contributed by atoms with van der Waals surface area (Å²) in [7, 11) is 0. The van der Waals surface area contributed by atoms with Crippen LogP contribution in [0.15, 0.2) is 79.3 Å². The Hall–Kier alpha value is -4.53. The van der Waals surface area contributed by atoms with E-state index in [1.807, 2.05) is 31.2 Å². The monoisotopic (exact) mass is 427 g/mol. The van der Waals surface area contributed by atoms with Crippen LogP contribution in [0.4, 0.5) is 10.1 Å². The molecule has 0 atom stereocenters. The van der Waals surface area contributed by atoms with Crippen molar-refractivity contribution in [3.63, 3.8) is 0 Å². The first-order valence-electron chi connectivity index (χ1n) is 9.87. The summed E-state index contributed by atoms with van der Waals surface area (Å²) < 4.78 is 17.6. The molecule has 32 heavy (non-hydrogen) atoms. The van der Waals surface area contributed by atoms with Gasteiger partial charge < -0.3 is 9.88 Å². The Morgan fingerprint density at radius 3 is 2.47 bits per heavy atom. The number of nitrogens with zero attached hydrogens (tertiary/aromatic N) is 5. The molecule has 0 unspecified atom stereocenters. The molecule has 0 spiro atoms. The summed E-state index contributed by atoms with van der Waals surface area (Å²) in [5, 5.41) is 14.1. The van der Waals surface area contributed by atoms with E-state index < -0.39 is 5.82 Å². The van der Waals surface area contributed by atoms with Crippen LogP contribution in [0.3, 0.4) is 0 Å². The van der Waals surface area contributed by atoms with Gasteiger partial charge in [0.1, 0.15) is 22.9 Å². The van der Waals surface area contributed by atoms with Gasteiger partial charge in [0.15, 0.2) is 11.6 Å². The molecule has 9 heteroatoms. The molecule has 0 radical (unpaired) electrons. The van der Waals surface area contributed by atoms with Gasteiger partial charge in [-0.25, -0.2) is 14.1 Å². The van der Waals surface area contributed by atoms with E-state index in [0.29, 0.717) is 22.9 Å². The number of carbonyl (C=O) groups excluding carboxylic acids is 1. The van der Waals surface area contributed by atoms with Crippen molar-refractivity contribution in [2.45, 2.75) is 6.92 Å². The molecule has 3 heterocycles. The fourth-order valence-electron chi connectivity index (χ4n) is 3.40. The minimum absolute atomic E-state index is 0.251. The topological polar surface area (TPSA) is 93.4 Å². The van der Waals surface area contributed by atoms with Crippen LogP contribution in [-0.2, 0) is 0 Å². The lowest BCUT2D eigenvalue weighted by molar-refractivity contribution is 0.102. The van der Waals surface area contributed by atoms with Crippen molar-refractivity contribution in [2.24, 2.45) is 0 Å². The van der Waals surface area contributed by atoms with Gasteiger partial charge in [-0.05, 0) is 55.5 Å². The third kappa shape index (κ3) is 3.56. The van der Waals surface area contributed by atoms with Gasteiger partial charge in [0.2, 0.25) is 0 Å². The molecule has 0 saturated carbocycles. The van der Waals surface area contributed by atoms with Crippen molar-refractivity contribution in [1.82, 2.24) is 29.5 Å². The summed E-state index contributed by atoms with van der Waals surface area (Å²) in [6, 6.07) is 17.1. The number of carbonyl (C=O) groups is 1. The molecule has 0 aliphatic carbocycles. The Morgan fingerprint density at radius 1 is 1.03 bits per heavy atom. The smallest absolute Gasteiger partial charge is 0.261 e. The fraction of sp³-hybridized carbons (Fsp3) is 0.0435. The molecule has 8 nitrogen and oxygen atoms in total. The van der Waals surface area contributed by atoms with Gasteiger partial charge >= 0.3 is 0 Å². The van der Waals surface area contributed by atoms with Crippen LogP contribution in [0, 0.1) is 12.7 Å². The number of aromatic amines is 1. The highest BCUT2D eigenvalue weighted by Crippen LogP contribution is 2.23. The Bertz CT molecular complexity index is 1380. The largest absolute Gasteiger partial charge is 0.322 e. The number of H-pyrrole nitrogens is 1. The second-order valence-corrected chi connectivity index (χ2v) is 7.11. The van der Waals surface area contributed by atoms with Crippen LogP contribution >= 0.6 is 0 Å². The number of amides is 1. The number of hydrogen-bond acceptors (Lipinski definition) is 4. The maximum absolute atomic E-state index is 14.5. The molecule has 0 aliphatic heterocycles. The second kappa shape index (κ2) is 7.95. The van der Waals surface area contributed by atoms with Crippen molar-refractivity contribution >= 4 is 11.6 Å². The highest BCUT2D eigenvalue weighted by molar-refractivity contribution is 6.06. The zero-order valence-electron chi connectivity index (χ0n) is 17.0. The van der Waals surface area contributed by atoms with Gasteiger partial charge in [-0.1, -0.05) is 12.1 Å². The Morgan fingerprint density at radius 2 is 1.78 bits per heavy atom. The number of anilines is 1. The Balaban J connectivity index is 1.47. The summed E-state index contributed by atoms with van der Waals surface area (Å²) in [5.74, 6) is 0.945. The zero-order chi connectivity index (χ0) is 22.1. The third-order valence-corrected chi connectivity index (χ3v) is 4.92. The van der Waals surface area contributed by atoms with Crippen molar-refractivity contribution in [2.75, 3.05) is 5.32 Å². The first-order chi connectivity index (χ1) is 15.6. The zero-order valence-corrected chi connectivity index (χ0v) is 17.0. The Labute approximate surface area is 182 Å². The molecule has 3 aromatic heterocycles. The summed E-state index contributed by atoms with van der Waals surface area (Å²) in [4.78, 5) is 17.4. The lowest BCUT2D eigenvalue weighted by Gasteiger charge is -2.12. The average molecular weight is 427 g/mol. The maximum Gasteiger partial charge on any atom is 0.261 e. The quantitative estimate of drug-likeness (QED) is 0.441. The van der Waals surface area contributed by atoms with Crippen molar-refractivity contribution in [3.8, 4) is 22.9 Å². The van der Waals surface area contributed by atoms with Gasteiger partial charge in [-0.15, -0.1) is 0 Å². The number of aromatic nitrogens is 6. The van der Waals surface area contributed by atoms with Gasteiger partial charge in [-0.3, -0.25) is 9.89 Å². The van der Waals surface area contributed by atoms with E-state index in [-0.39, 0.29) is 11.6 Å². The lowest BCUT2D eigenvalue weighted by Crippen LogP contribution is -2.15. The van der Waals surface area contributed by atoms with E-state index in [9.17, 15) is 9.18 Å². The normalized spacial score (nSPS) is 10.9. The summed E-state index contributed by atoms with van der Waals surface area (Å²) in [5.41, 5.74) is 1.98. The summed E-state index contributed by atoms with van der Waals surface area (Å²) in [6.45, 7) is 1.83. The standard InChI is InChI=1S/C23H18FN7O/c1-15-26-21(29-28-15)16-8-10-17(11-9-16)27-22(32)18-14-25-31(20-7-3-2-6-19(20)24)23(18)30-12-4-5-13-30/h2-14H,1H3,(H,27,32)(H,26,28,29). The number of nitrogens with one attached hydrogen (secondary N) is 2. The van der Waals surface area contributed by atoms with Crippen LogP contribution in [0.2, 0.25) is 0 Å². The molecule has 2 N–H and O–H groups in total. The Kier molecular flexibility index (Phi) is 4.83. The average Bonchev–Trinajstić information content (AvgIpc) is 3.55. The van der Waals surface area contributed by atoms with E-state index >= 15 is 0 Å². The molecule has 0 saturated heterocycles. The van der Waals surface area contributed by atoms with Gasteiger partial charge in [0, 0.05) is 23.6 Å². The second-order valence-electron chi connectivity index (χ2n) is 7.11. The lowest BCUT2D eigenvalue weighted by atomic mass is 10.2. The van der Waals surface area contributed by atoms with E-state index in [2.05, 4.69) is 25.6 Å². The SMILES string of the molecule is Cc1nc(-c2ccc(NC(=O)c3cnn(-c4ccccc4F)c3-n3cccc3)cc2)n[nH]1. The molecule has 1 amide bonds. The van der Waals surface area contributed by atoms with E-state index in [1.54, 1.807) is 47.3 Å². The predicted molar refractivity (Wildman–Crippen MR) is 117 cm³/mol. The summed E-state index contributed by atoms with van der Waals surface area (Å²) >= 11 is 0. The van der Waals surface area contributed by atoms with Crippen molar-refractivity contribution in [1.29, 1.82) is 0 Å². The molecular formula is C23H18FN7O. The highest BCUT2D eigenvalue weighted by atomic mass is 19.1. The molecular weight excluding hydrogens is 409 g/mol. The van der Waals surface area contributed by atoms with E-state index in [0.717, 1.165) is 11.4 Å². The first-order valence-corrected chi connectivity index (χ1v) is 9.87. The van der Waals surface area contributed by atoms with Crippen LogP contribution < -0.4 is 5.32 Å². The van der Waals surface area contributed by atoms with Crippen LogP contribution in [-0.4, -0.2) is 35.4 Å². The van der Waals surface area contributed by atoms with Crippen molar-refractivity contribution in [3.05, 3.63) is 96.5 Å². The fourth-order valence-corrected chi connectivity index (χ4v) is 3.40. The summed E-state index contributed by atoms with van der Waals surface area (Å²) in [6.07, 6.45) is 4.99. The molecule has 0 bridgehead atoms. The van der Waals surface area contributed by atoms with Crippen LogP contribution in [0.25, 0.3) is 22.9 Å². The molecule has 5 aromatic rings. The van der Waals surface area contributed by atoms with E-state index in [4.69, 9.17) is 0 Å². The molecule has 0 aliphatic rings.